The first-order chi connectivity index (χ1) is 12.3. The van der Waals surface area contributed by atoms with Gasteiger partial charge in [-0.05, 0) is 17.2 Å². The summed E-state index contributed by atoms with van der Waals surface area (Å²) in [5, 5.41) is 12.1. The molecule has 0 unspecified atom stereocenters. The molecule has 0 saturated heterocycles. The van der Waals surface area contributed by atoms with Gasteiger partial charge in [-0.1, -0.05) is 65.8 Å². The lowest BCUT2D eigenvalue weighted by atomic mass is 10.2. The fraction of sp³-hybridized carbons (Fsp3) is 0.250. The molecule has 0 radical (unpaired) electrons. The zero-order valence-electron chi connectivity index (χ0n) is 14.2. The third-order valence-corrected chi connectivity index (χ3v) is 3.51. The Morgan fingerprint density at radius 1 is 0.880 bits per heavy atom. The van der Waals surface area contributed by atoms with Crippen LogP contribution in [0.25, 0.3) is 0 Å². The van der Waals surface area contributed by atoms with Gasteiger partial charge in [0.25, 0.3) is 0 Å². The molecule has 0 aliphatic carbocycles. The van der Waals surface area contributed by atoms with E-state index < -0.39 is 12.2 Å². The van der Waals surface area contributed by atoms with Crippen molar-refractivity contribution in [3.8, 4) is 0 Å². The lowest BCUT2D eigenvalue weighted by molar-refractivity contribution is -0.0327. The number of nitrogens with zero attached hydrogens (tertiary/aromatic N) is 1. The van der Waals surface area contributed by atoms with Crippen LogP contribution in [0.4, 0.5) is 0 Å². The zero-order valence-corrected chi connectivity index (χ0v) is 14.2. The van der Waals surface area contributed by atoms with E-state index >= 15 is 0 Å². The normalized spacial score (nSPS) is 14.0. The molecule has 0 aliphatic rings. The molecule has 2 aromatic rings. The first kappa shape index (κ1) is 18.7. The first-order valence-corrected chi connectivity index (χ1v) is 8.01. The summed E-state index contributed by atoms with van der Waals surface area (Å²) >= 11 is 0. The number of oxime groups is 1. The number of hydrogen-bond donors (Lipinski definition) is 1. The second-order valence-electron chi connectivity index (χ2n) is 5.35. The van der Waals surface area contributed by atoms with Crippen molar-refractivity contribution in [2.24, 2.45) is 5.16 Å². The summed E-state index contributed by atoms with van der Waals surface area (Å²) in [5.74, 6) is 0. The lowest BCUT2D eigenvalue weighted by Crippen LogP contribution is -2.31. The Hall–Kier alpha value is -2.63. The van der Waals surface area contributed by atoms with Crippen LogP contribution in [0.5, 0.6) is 0 Å². The molecule has 132 valence electrons. The molecular weight excluding hydrogens is 318 g/mol. The van der Waals surface area contributed by atoms with Gasteiger partial charge in [0.15, 0.2) is 0 Å². The zero-order chi connectivity index (χ0) is 17.7. The van der Waals surface area contributed by atoms with E-state index in [-0.39, 0.29) is 0 Å². The van der Waals surface area contributed by atoms with Crippen molar-refractivity contribution in [2.75, 3.05) is 7.11 Å². The van der Waals surface area contributed by atoms with Crippen LogP contribution >= 0.6 is 0 Å². The van der Waals surface area contributed by atoms with Crippen molar-refractivity contribution in [1.29, 1.82) is 0 Å². The average Bonchev–Trinajstić information content (AvgIpc) is 2.67. The van der Waals surface area contributed by atoms with E-state index in [9.17, 15) is 0 Å². The number of ether oxygens (including phenoxy) is 3. The summed E-state index contributed by atoms with van der Waals surface area (Å²) < 4.78 is 16.8. The van der Waals surface area contributed by atoms with Crippen LogP contribution in [0.2, 0.25) is 0 Å². The average molecular weight is 341 g/mol. The summed E-state index contributed by atoms with van der Waals surface area (Å²) in [6, 6.07) is 19.6. The molecule has 0 aliphatic heterocycles. The maximum absolute atomic E-state index is 8.97. The molecule has 0 aromatic heterocycles. The maximum atomic E-state index is 8.97. The van der Waals surface area contributed by atoms with Crippen LogP contribution in [-0.2, 0) is 27.4 Å². The van der Waals surface area contributed by atoms with Gasteiger partial charge in [0.05, 0.1) is 32.8 Å². The molecule has 2 atom stereocenters. The van der Waals surface area contributed by atoms with Gasteiger partial charge >= 0.3 is 0 Å². The standard InChI is InChI=1S/C20H23NO4/c1-23-13-12-19(24-15-17-8-4-2-5-9-17)20(14-21-22)25-16-18-10-6-3-7-11-18/h2-14,19-20,22H,15-16H2,1H3/b13-12+,21-14+/t19-,20-/m1/s1. The molecule has 0 fully saturated rings. The van der Waals surface area contributed by atoms with Crippen LogP contribution in [0.15, 0.2) is 78.2 Å². The van der Waals surface area contributed by atoms with Gasteiger partial charge in [0.2, 0.25) is 0 Å². The van der Waals surface area contributed by atoms with Crippen molar-refractivity contribution in [3.63, 3.8) is 0 Å². The van der Waals surface area contributed by atoms with Gasteiger partial charge in [0, 0.05) is 0 Å². The molecule has 5 heteroatoms. The minimum Gasteiger partial charge on any atom is -0.505 e. The van der Waals surface area contributed by atoms with E-state index in [1.807, 2.05) is 60.7 Å². The van der Waals surface area contributed by atoms with Crippen LogP contribution in [0.1, 0.15) is 11.1 Å². The van der Waals surface area contributed by atoms with Crippen molar-refractivity contribution in [2.45, 2.75) is 25.4 Å². The highest BCUT2D eigenvalue weighted by atomic mass is 16.5. The maximum Gasteiger partial charge on any atom is 0.126 e. The molecule has 0 bridgehead atoms. The predicted molar refractivity (Wildman–Crippen MR) is 96.5 cm³/mol. The second-order valence-corrected chi connectivity index (χ2v) is 5.35. The summed E-state index contributed by atoms with van der Waals surface area (Å²) in [7, 11) is 1.56. The van der Waals surface area contributed by atoms with E-state index in [1.165, 1.54) is 12.5 Å². The molecule has 0 spiro atoms. The number of rotatable bonds is 10. The topological polar surface area (TPSA) is 60.3 Å². The minimum absolute atomic E-state index is 0.379. The van der Waals surface area contributed by atoms with Crippen LogP contribution in [-0.4, -0.2) is 30.7 Å². The Kier molecular flexibility index (Phi) is 8.24. The Morgan fingerprint density at radius 3 is 1.88 bits per heavy atom. The fourth-order valence-electron chi connectivity index (χ4n) is 2.24. The van der Waals surface area contributed by atoms with Crippen LogP contribution in [0, 0.1) is 0 Å². The highest BCUT2D eigenvalue weighted by Gasteiger charge is 2.20. The van der Waals surface area contributed by atoms with Gasteiger partial charge in [-0.2, -0.15) is 0 Å². The fourth-order valence-corrected chi connectivity index (χ4v) is 2.24. The van der Waals surface area contributed by atoms with Crippen molar-refractivity contribution in [1.82, 2.24) is 0 Å². The van der Waals surface area contributed by atoms with Gasteiger partial charge in [-0.3, -0.25) is 0 Å². The third kappa shape index (κ3) is 6.79. The first-order valence-electron chi connectivity index (χ1n) is 8.01. The van der Waals surface area contributed by atoms with Gasteiger partial charge in [-0.25, -0.2) is 0 Å². The van der Waals surface area contributed by atoms with Crippen LogP contribution < -0.4 is 0 Å². The van der Waals surface area contributed by atoms with E-state index in [4.69, 9.17) is 19.4 Å². The smallest absolute Gasteiger partial charge is 0.126 e. The quantitative estimate of drug-likeness (QED) is 0.309. The number of hydrogen-bond acceptors (Lipinski definition) is 5. The second kappa shape index (κ2) is 11.0. The molecule has 2 rings (SSSR count). The molecule has 25 heavy (non-hydrogen) atoms. The van der Waals surface area contributed by atoms with Crippen molar-refractivity contribution >= 4 is 6.21 Å². The number of methoxy groups -OCH3 is 1. The van der Waals surface area contributed by atoms with Gasteiger partial charge in [0.1, 0.15) is 12.2 Å². The van der Waals surface area contributed by atoms with E-state index in [1.54, 1.807) is 13.2 Å². The Bertz CT molecular complexity index is 643. The van der Waals surface area contributed by atoms with Crippen molar-refractivity contribution in [3.05, 3.63) is 84.1 Å². The molecule has 1 N–H and O–H groups in total. The Labute approximate surface area is 148 Å². The molecule has 2 aromatic carbocycles. The molecule has 0 amide bonds. The SMILES string of the molecule is CO/C=C/[C@@H](OCc1ccccc1)[C@@H](/C=N/O)OCc1ccccc1. The van der Waals surface area contributed by atoms with Crippen LogP contribution in [0.3, 0.4) is 0 Å². The van der Waals surface area contributed by atoms with Crippen molar-refractivity contribution < 1.29 is 19.4 Å². The van der Waals surface area contributed by atoms with Gasteiger partial charge in [-0.15, -0.1) is 0 Å². The molecule has 0 heterocycles. The minimum atomic E-state index is -0.555. The lowest BCUT2D eigenvalue weighted by Gasteiger charge is -2.22. The van der Waals surface area contributed by atoms with E-state index in [0.29, 0.717) is 13.2 Å². The molecule has 0 saturated carbocycles. The summed E-state index contributed by atoms with van der Waals surface area (Å²) in [5.41, 5.74) is 2.07. The third-order valence-electron chi connectivity index (χ3n) is 3.51. The molecule has 5 nitrogen and oxygen atoms in total. The Morgan fingerprint density at radius 2 is 1.40 bits per heavy atom. The summed E-state index contributed by atoms with van der Waals surface area (Å²) in [6.45, 7) is 0.785. The largest absolute Gasteiger partial charge is 0.505 e. The highest BCUT2D eigenvalue weighted by molar-refractivity contribution is 5.63. The van der Waals surface area contributed by atoms with E-state index in [0.717, 1.165) is 11.1 Å². The molecular formula is C20H23NO4. The summed E-state index contributed by atoms with van der Waals surface area (Å²) in [4.78, 5) is 0. The predicted octanol–water partition coefficient (Wildman–Crippen LogP) is 3.78. The van der Waals surface area contributed by atoms with Gasteiger partial charge < -0.3 is 19.4 Å². The highest BCUT2D eigenvalue weighted by Crippen LogP contribution is 2.12. The monoisotopic (exact) mass is 341 g/mol. The number of benzene rings is 2. The summed E-state index contributed by atoms with van der Waals surface area (Å²) in [6.07, 6.45) is 3.57. The Balaban J connectivity index is 2.03. The van der Waals surface area contributed by atoms with E-state index in [2.05, 4.69) is 5.16 Å².